The van der Waals surface area contributed by atoms with Gasteiger partial charge in [0.05, 0.1) is 12.7 Å². The molecule has 1 saturated heterocycles. The summed E-state index contributed by atoms with van der Waals surface area (Å²) in [5, 5.41) is 4.30. The van der Waals surface area contributed by atoms with Gasteiger partial charge in [-0.25, -0.2) is 0 Å². The van der Waals surface area contributed by atoms with Crippen molar-refractivity contribution in [2.24, 2.45) is 5.92 Å². The molecular formula is C19H27ClN2O2. The Bertz CT molecular complexity index is 709. The van der Waals surface area contributed by atoms with Crippen LogP contribution in [0.15, 0.2) is 22.8 Å². The number of rotatable bonds is 4. The second-order valence-electron chi connectivity index (χ2n) is 6.78. The van der Waals surface area contributed by atoms with Gasteiger partial charge in [0.2, 0.25) is 5.91 Å². The molecule has 0 saturated carbocycles. The van der Waals surface area contributed by atoms with Crippen molar-refractivity contribution >= 4 is 29.3 Å². The third kappa shape index (κ3) is 3.93. The van der Waals surface area contributed by atoms with E-state index in [0.717, 1.165) is 42.6 Å². The maximum Gasteiger partial charge on any atom is 0.227 e. The van der Waals surface area contributed by atoms with Crippen LogP contribution in [0.5, 0.6) is 0 Å². The molecule has 1 unspecified atom stereocenters. The van der Waals surface area contributed by atoms with Gasteiger partial charge in [0, 0.05) is 24.0 Å². The van der Waals surface area contributed by atoms with Crippen molar-refractivity contribution in [1.29, 1.82) is 0 Å². The highest BCUT2D eigenvalue weighted by molar-refractivity contribution is 5.88. The lowest BCUT2D eigenvalue weighted by Crippen LogP contribution is -2.43. The lowest BCUT2D eigenvalue weighted by Gasteiger charge is -2.32. The summed E-state index contributed by atoms with van der Waals surface area (Å²) in [5.74, 6) is 0.787. The predicted octanol–water partition coefficient (Wildman–Crippen LogP) is 3.47. The van der Waals surface area contributed by atoms with Crippen LogP contribution in [0.25, 0.3) is 11.0 Å². The third-order valence-corrected chi connectivity index (χ3v) is 4.98. The average Bonchev–Trinajstić information content (AvgIpc) is 2.90. The predicted molar refractivity (Wildman–Crippen MR) is 99.9 cm³/mol. The molecular weight excluding hydrogens is 324 g/mol. The van der Waals surface area contributed by atoms with Gasteiger partial charge in [-0.3, -0.25) is 4.79 Å². The van der Waals surface area contributed by atoms with Gasteiger partial charge in [0.1, 0.15) is 5.58 Å². The van der Waals surface area contributed by atoms with Gasteiger partial charge < -0.3 is 14.6 Å². The summed E-state index contributed by atoms with van der Waals surface area (Å²) < 4.78 is 5.65. The highest BCUT2D eigenvalue weighted by atomic mass is 35.5. The molecule has 132 valence electrons. The van der Waals surface area contributed by atoms with Crippen molar-refractivity contribution in [1.82, 2.24) is 10.2 Å². The molecule has 0 radical (unpaired) electrons. The highest BCUT2D eigenvalue weighted by Gasteiger charge is 2.24. The monoisotopic (exact) mass is 350 g/mol. The highest BCUT2D eigenvalue weighted by Crippen LogP contribution is 2.26. The molecule has 0 aliphatic carbocycles. The summed E-state index contributed by atoms with van der Waals surface area (Å²) in [6, 6.07) is 4.19. The first-order chi connectivity index (χ1) is 11.1. The van der Waals surface area contributed by atoms with Crippen LogP contribution in [0.4, 0.5) is 0 Å². The lowest BCUT2D eigenvalue weighted by atomic mass is 9.97. The largest absolute Gasteiger partial charge is 0.464 e. The topological polar surface area (TPSA) is 45.5 Å². The number of benzene rings is 1. The minimum Gasteiger partial charge on any atom is -0.464 e. The normalized spacial score (nSPS) is 17.8. The van der Waals surface area contributed by atoms with Crippen LogP contribution in [0.1, 0.15) is 29.5 Å². The standard InChI is InChI=1S/C19H26N2O2.ClH/c1-13-7-17-16(12-23-18(17)8-14(13)2)9-19(22)21-6-4-5-15(11-21)10-20-3;/h7-8,12,15,20H,4-6,9-11H2,1-3H3;1H. The fourth-order valence-electron chi connectivity index (χ4n) is 3.49. The van der Waals surface area contributed by atoms with E-state index in [4.69, 9.17) is 4.42 Å². The van der Waals surface area contributed by atoms with E-state index >= 15 is 0 Å². The Morgan fingerprint density at radius 3 is 2.83 bits per heavy atom. The number of furan rings is 1. The summed E-state index contributed by atoms with van der Waals surface area (Å²) in [5.41, 5.74) is 4.33. The number of hydrogen-bond donors (Lipinski definition) is 1. The van der Waals surface area contributed by atoms with Crippen molar-refractivity contribution in [3.05, 3.63) is 35.1 Å². The maximum atomic E-state index is 12.7. The van der Waals surface area contributed by atoms with Gasteiger partial charge in [-0.15, -0.1) is 12.4 Å². The zero-order chi connectivity index (χ0) is 16.4. The number of likely N-dealkylation sites (tertiary alicyclic amines) is 1. The van der Waals surface area contributed by atoms with Crippen LogP contribution in [0.2, 0.25) is 0 Å². The van der Waals surface area contributed by atoms with E-state index in [1.807, 2.05) is 11.9 Å². The van der Waals surface area contributed by atoms with E-state index in [-0.39, 0.29) is 18.3 Å². The van der Waals surface area contributed by atoms with E-state index in [2.05, 4.69) is 31.3 Å². The van der Waals surface area contributed by atoms with Crippen LogP contribution in [0.3, 0.4) is 0 Å². The van der Waals surface area contributed by atoms with E-state index < -0.39 is 0 Å². The molecule has 0 spiro atoms. The fraction of sp³-hybridized carbons (Fsp3) is 0.526. The molecule has 24 heavy (non-hydrogen) atoms. The third-order valence-electron chi connectivity index (χ3n) is 4.98. The Morgan fingerprint density at radius 1 is 1.33 bits per heavy atom. The molecule has 2 aromatic rings. The SMILES string of the molecule is CNCC1CCCN(C(=O)Cc2coc3cc(C)c(C)cc23)C1.Cl. The molecule has 1 aromatic carbocycles. The number of hydrogen-bond acceptors (Lipinski definition) is 3. The van der Waals surface area contributed by atoms with Gasteiger partial charge in [0.25, 0.3) is 0 Å². The van der Waals surface area contributed by atoms with Crippen molar-refractivity contribution in [3.8, 4) is 0 Å². The maximum absolute atomic E-state index is 12.7. The lowest BCUT2D eigenvalue weighted by molar-refractivity contribution is -0.132. The van der Waals surface area contributed by atoms with Crippen LogP contribution in [-0.2, 0) is 11.2 Å². The van der Waals surface area contributed by atoms with E-state index in [1.165, 1.54) is 17.5 Å². The summed E-state index contributed by atoms with van der Waals surface area (Å²) in [7, 11) is 1.97. The van der Waals surface area contributed by atoms with Gasteiger partial charge in [-0.1, -0.05) is 0 Å². The Labute approximate surface area is 150 Å². The second-order valence-corrected chi connectivity index (χ2v) is 6.78. The van der Waals surface area contributed by atoms with E-state index in [0.29, 0.717) is 12.3 Å². The first kappa shape index (κ1) is 18.8. The Balaban J connectivity index is 0.00000208. The molecule has 1 atom stereocenters. The van der Waals surface area contributed by atoms with Crippen molar-refractivity contribution in [2.75, 3.05) is 26.7 Å². The first-order valence-electron chi connectivity index (χ1n) is 8.48. The summed E-state index contributed by atoms with van der Waals surface area (Å²) in [4.78, 5) is 14.7. The number of nitrogens with one attached hydrogen (secondary N) is 1. The van der Waals surface area contributed by atoms with Crippen molar-refractivity contribution in [2.45, 2.75) is 33.1 Å². The Hall–Kier alpha value is -1.52. The van der Waals surface area contributed by atoms with E-state index in [1.54, 1.807) is 6.26 Å². The molecule has 1 aliphatic rings. The first-order valence-corrected chi connectivity index (χ1v) is 8.48. The minimum absolute atomic E-state index is 0. The van der Waals surface area contributed by atoms with Gasteiger partial charge >= 0.3 is 0 Å². The van der Waals surface area contributed by atoms with Crippen molar-refractivity contribution < 1.29 is 9.21 Å². The molecule has 1 amide bonds. The molecule has 0 bridgehead atoms. The number of carbonyl (C=O) groups is 1. The summed E-state index contributed by atoms with van der Waals surface area (Å²) >= 11 is 0. The number of aryl methyl sites for hydroxylation is 2. The van der Waals surface area contributed by atoms with Crippen LogP contribution in [0, 0.1) is 19.8 Å². The van der Waals surface area contributed by atoms with Crippen LogP contribution in [-0.4, -0.2) is 37.5 Å². The smallest absolute Gasteiger partial charge is 0.227 e. The molecule has 3 rings (SSSR count). The number of nitrogens with zero attached hydrogens (tertiary/aromatic N) is 1. The number of amides is 1. The summed E-state index contributed by atoms with van der Waals surface area (Å²) in [6.07, 6.45) is 4.48. The zero-order valence-corrected chi connectivity index (χ0v) is 15.5. The quantitative estimate of drug-likeness (QED) is 0.918. The minimum atomic E-state index is 0. The van der Waals surface area contributed by atoms with E-state index in [9.17, 15) is 4.79 Å². The molecule has 4 nitrogen and oxygen atoms in total. The molecule has 1 aliphatic heterocycles. The molecule has 1 N–H and O–H groups in total. The Morgan fingerprint density at radius 2 is 2.08 bits per heavy atom. The number of piperidine rings is 1. The molecule has 1 aromatic heterocycles. The zero-order valence-electron chi connectivity index (χ0n) is 14.7. The van der Waals surface area contributed by atoms with Crippen molar-refractivity contribution in [3.63, 3.8) is 0 Å². The van der Waals surface area contributed by atoms with Crippen LogP contribution < -0.4 is 5.32 Å². The molecule has 1 fully saturated rings. The van der Waals surface area contributed by atoms with Gasteiger partial charge in [0.15, 0.2) is 0 Å². The van der Waals surface area contributed by atoms with Crippen LogP contribution >= 0.6 is 12.4 Å². The average molecular weight is 351 g/mol. The molecule has 5 heteroatoms. The molecule has 2 heterocycles. The van der Waals surface area contributed by atoms with Gasteiger partial charge in [-0.2, -0.15) is 0 Å². The number of carbonyl (C=O) groups excluding carboxylic acids is 1. The fourth-order valence-corrected chi connectivity index (χ4v) is 3.49. The second kappa shape index (κ2) is 8.04. The Kier molecular flexibility index (Phi) is 6.30. The number of halogens is 1. The number of fused-ring (bicyclic) bond motifs is 1. The summed E-state index contributed by atoms with van der Waals surface area (Å²) in [6.45, 7) is 6.91. The van der Waals surface area contributed by atoms with Gasteiger partial charge in [-0.05, 0) is 69.5 Å².